The Morgan fingerprint density at radius 1 is 0.977 bits per heavy atom. The largest absolute Gasteiger partial charge is 0.371 e. The van der Waals surface area contributed by atoms with E-state index in [4.69, 9.17) is 4.98 Å². The molecule has 0 N–H and O–H groups in total. The summed E-state index contributed by atoms with van der Waals surface area (Å²) in [5.41, 5.74) is 7.60. The van der Waals surface area contributed by atoms with Crippen LogP contribution in [0.25, 0.3) is 27.9 Å². The number of rotatable bonds is 13. The Bertz CT molecular complexity index is 1500. The highest BCUT2D eigenvalue weighted by Gasteiger charge is 2.35. The predicted octanol–water partition coefficient (Wildman–Crippen LogP) is 10.3. The Labute approximate surface area is 266 Å². The van der Waals surface area contributed by atoms with Gasteiger partial charge in [0.2, 0.25) is 0 Å². The molecule has 0 bridgehead atoms. The number of hydrogen-bond acceptors (Lipinski definition) is 3. The van der Waals surface area contributed by atoms with Gasteiger partial charge in [0.25, 0.3) is 0 Å². The fraction of sp³-hybridized carbons (Fsp3) is 0.513. The van der Waals surface area contributed by atoms with E-state index in [1.54, 1.807) is 6.07 Å². The molecule has 5 heteroatoms. The van der Waals surface area contributed by atoms with E-state index in [1.807, 2.05) is 12.1 Å². The molecule has 3 heterocycles. The van der Waals surface area contributed by atoms with Crippen LogP contribution < -0.4 is 0 Å². The second kappa shape index (κ2) is 13.7. The van der Waals surface area contributed by atoms with E-state index in [1.165, 1.54) is 37.0 Å². The van der Waals surface area contributed by atoms with Gasteiger partial charge in [-0.3, -0.25) is 0 Å². The number of pyridine rings is 1. The van der Waals surface area contributed by atoms with E-state index in [0.717, 1.165) is 84.4 Å². The molecule has 0 saturated carbocycles. The van der Waals surface area contributed by atoms with Crippen molar-refractivity contribution in [2.24, 2.45) is 0 Å². The van der Waals surface area contributed by atoms with Gasteiger partial charge in [-0.05, 0) is 103 Å². The van der Waals surface area contributed by atoms with E-state index >= 15 is 0 Å². The zero-order valence-corrected chi connectivity index (χ0v) is 28.5. The fourth-order valence-electron chi connectivity index (χ4n) is 6.52. The summed E-state index contributed by atoms with van der Waals surface area (Å²) in [6.07, 6.45) is 10.9. The molecule has 44 heavy (non-hydrogen) atoms. The maximum atomic E-state index is 15.0. The van der Waals surface area contributed by atoms with Gasteiger partial charge >= 0.3 is 0 Å². The van der Waals surface area contributed by atoms with Crippen LogP contribution >= 0.6 is 0 Å². The zero-order valence-electron chi connectivity index (χ0n) is 28.5. The molecule has 4 rings (SSSR count). The number of nitrogens with zero attached hydrogens (tertiary/aromatic N) is 4. The first-order valence-corrected chi connectivity index (χ1v) is 16.6. The Balaban J connectivity index is 1.52. The van der Waals surface area contributed by atoms with Crippen molar-refractivity contribution >= 4 is 16.7 Å². The molecule has 238 valence electrons. The summed E-state index contributed by atoms with van der Waals surface area (Å²) in [5, 5.41) is 1.03. The summed E-state index contributed by atoms with van der Waals surface area (Å²) in [4.78, 5) is 10.1. The monoisotopic (exact) mass is 598 g/mol. The van der Waals surface area contributed by atoms with Crippen molar-refractivity contribution in [2.75, 3.05) is 19.6 Å². The number of halogens is 1. The third kappa shape index (κ3) is 7.65. The summed E-state index contributed by atoms with van der Waals surface area (Å²) < 4.78 is 17.2. The number of fused-ring (bicyclic) bond motifs is 1. The number of unbranched alkanes of at least 4 members (excludes halogenated alkanes) is 3. The molecule has 0 spiro atoms. The lowest BCUT2D eigenvalue weighted by Crippen LogP contribution is -2.57. The van der Waals surface area contributed by atoms with Gasteiger partial charge in [0, 0.05) is 48.0 Å². The van der Waals surface area contributed by atoms with Gasteiger partial charge in [-0.1, -0.05) is 57.0 Å². The van der Waals surface area contributed by atoms with Crippen LogP contribution in [0.5, 0.6) is 0 Å². The smallest absolute Gasteiger partial charge is 0.141 e. The lowest BCUT2D eigenvalue weighted by Gasteiger charge is -2.50. The first kappa shape index (κ1) is 33.6. The number of piperazine rings is 1. The highest BCUT2D eigenvalue weighted by atomic mass is 19.1. The zero-order chi connectivity index (χ0) is 32.2. The molecule has 3 aromatic rings. The van der Waals surface area contributed by atoms with Crippen molar-refractivity contribution in [2.45, 2.75) is 111 Å². The molecular weight excluding hydrogens is 543 g/mol. The van der Waals surface area contributed by atoms with Crippen LogP contribution in [0, 0.1) is 5.82 Å². The summed E-state index contributed by atoms with van der Waals surface area (Å²) in [6, 6.07) is 9.87. The van der Waals surface area contributed by atoms with E-state index in [0.29, 0.717) is 0 Å². The van der Waals surface area contributed by atoms with Crippen molar-refractivity contribution in [3.63, 3.8) is 0 Å². The molecule has 1 aliphatic rings. The third-order valence-corrected chi connectivity index (χ3v) is 9.05. The first-order valence-electron chi connectivity index (χ1n) is 16.6. The molecule has 1 aliphatic heterocycles. The van der Waals surface area contributed by atoms with Gasteiger partial charge in [-0.2, -0.15) is 0 Å². The van der Waals surface area contributed by atoms with Crippen molar-refractivity contribution in [3.05, 3.63) is 84.6 Å². The highest BCUT2D eigenvalue weighted by molar-refractivity contribution is 5.95. The molecule has 2 aromatic heterocycles. The minimum Gasteiger partial charge on any atom is -0.371 e. The maximum absolute atomic E-state index is 15.0. The Morgan fingerprint density at radius 2 is 1.68 bits per heavy atom. The average molecular weight is 599 g/mol. The van der Waals surface area contributed by atoms with Crippen LogP contribution in [0.1, 0.15) is 105 Å². The summed E-state index contributed by atoms with van der Waals surface area (Å²) >= 11 is 0. The molecule has 4 nitrogen and oxygen atoms in total. The highest BCUT2D eigenvalue weighted by Crippen LogP contribution is 2.37. The van der Waals surface area contributed by atoms with Gasteiger partial charge in [0.15, 0.2) is 0 Å². The lowest BCUT2D eigenvalue weighted by molar-refractivity contribution is 0.0831. The first-order chi connectivity index (χ1) is 20.7. The summed E-state index contributed by atoms with van der Waals surface area (Å²) in [5.74, 6) is -0.137. The molecule has 0 aliphatic carbocycles. The standard InChI is InChI=1S/C39H55FN4/c1-11-16-31-19-20-32(25-35(31)40)34-26-44(38(6,7)8)37-33(34)21-22-36(41-37)30(5)43-24-23-42(27-39(43,9)10)29(4)18-15-13-12-14-17-28(2)3/h19-22,25-26H,2,4-5,11-18,23-24,27H2,1,3,6-10H3. The van der Waals surface area contributed by atoms with Gasteiger partial charge in [-0.25, -0.2) is 9.37 Å². The summed E-state index contributed by atoms with van der Waals surface area (Å²) in [6.45, 7) is 31.1. The quantitative estimate of drug-likeness (QED) is 0.144. The second-order valence-corrected chi connectivity index (χ2v) is 14.5. The van der Waals surface area contributed by atoms with E-state index in [-0.39, 0.29) is 16.9 Å². The number of allylic oxidation sites excluding steroid dienone is 2. The van der Waals surface area contributed by atoms with Crippen LogP contribution in [0.2, 0.25) is 0 Å². The van der Waals surface area contributed by atoms with Crippen molar-refractivity contribution in [1.29, 1.82) is 0 Å². The summed E-state index contributed by atoms with van der Waals surface area (Å²) in [7, 11) is 0. The van der Waals surface area contributed by atoms with E-state index in [9.17, 15) is 4.39 Å². The lowest BCUT2D eigenvalue weighted by atomic mass is 9.96. The fourth-order valence-corrected chi connectivity index (χ4v) is 6.52. The van der Waals surface area contributed by atoms with Crippen LogP contribution in [-0.2, 0) is 12.0 Å². The van der Waals surface area contributed by atoms with E-state index in [2.05, 4.69) is 101 Å². The minimum atomic E-state index is -0.194. The Morgan fingerprint density at radius 3 is 2.30 bits per heavy atom. The van der Waals surface area contributed by atoms with E-state index < -0.39 is 0 Å². The maximum Gasteiger partial charge on any atom is 0.141 e. The molecule has 0 radical (unpaired) electrons. The number of hydrogen-bond donors (Lipinski definition) is 0. The van der Waals surface area contributed by atoms with Gasteiger partial charge in [0.05, 0.1) is 16.9 Å². The van der Waals surface area contributed by atoms with Crippen molar-refractivity contribution < 1.29 is 4.39 Å². The van der Waals surface area contributed by atoms with Gasteiger partial charge in [-0.15, -0.1) is 6.58 Å². The van der Waals surface area contributed by atoms with Gasteiger partial charge < -0.3 is 14.4 Å². The molecule has 1 fully saturated rings. The topological polar surface area (TPSA) is 24.3 Å². The molecule has 0 amide bonds. The minimum absolute atomic E-state index is 0.120. The third-order valence-electron chi connectivity index (χ3n) is 9.05. The van der Waals surface area contributed by atoms with Crippen LogP contribution in [0.15, 0.2) is 67.5 Å². The molecular formula is C39H55FN4. The van der Waals surface area contributed by atoms with Crippen LogP contribution in [0.4, 0.5) is 4.39 Å². The van der Waals surface area contributed by atoms with Crippen LogP contribution in [0.3, 0.4) is 0 Å². The molecule has 0 unspecified atom stereocenters. The number of aromatic nitrogens is 2. The Hall–Kier alpha value is -3.34. The van der Waals surface area contributed by atoms with Crippen molar-refractivity contribution in [3.8, 4) is 11.1 Å². The molecule has 1 aromatic carbocycles. The average Bonchev–Trinajstić information content (AvgIpc) is 3.34. The predicted molar refractivity (Wildman–Crippen MR) is 187 cm³/mol. The normalized spacial score (nSPS) is 15.2. The number of aryl methyl sites for hydroxylation is 1. The second-order valence-electron chi connectivity index (χ2n) is 14.5. The SMILES string of the molecule is C=C(C)CCCCCCC(=C)N1CCN(C(=C)c2ccc3c(-c4ccc(CCC)c(F)c4)cn(C(C)(C)C)c3n2)C(C)(C)C1. The molecule has 0 atom stereocenters. The number of benzene rings is 1. The molecule has 1 saturated heterocycles. The van der Waals surface area contributed by atoms with Gasteiger partial charge in [0.1, 0.15) is 11.5 Å². The Kier molecular flexibility index (Phi) is 10.5. The van der Waals surface area contributed by atoms with Crippen molar-refractivity contribution in [1.82, 2.24) is 19.4 Å². The van der Waals surface area contributed by atoms with Crippen LogP contribution in [-0.4, -0.2) is 44.5 Å².